The average molecular weight is 351 g/mol. The van der Waals surface area contributed by atoms with Crippen molar-refractivity contribution in [3.63, 3.8) is 0 Å². The van der Waals surface area contributed by atoms with Crippen LogP contribution >= 0.6 is 0 Å². The molecular formula is C21H21NO4. The first-order chi connectivity index (χ1) is 12.5. The van der Waals surface area contributed by atoms with Crippen molar-refractivity contribution in [2.45, 2.75) is 0 Å². The highest BCUT2D eigenvalue weighted by Crippen LogP contribution is 2.23. The third-order valence-electron chi connectivity index (χ3n) is 3.89. The Balaban J connectivity index is 2.44. The second-order valence-electron chi connectivity index (χ2n) is 5.57. The van der Waals surface area contributed by atoms with E-state index >= 15 is 0 Å². The normalized spacial score (nSPS) is 10.0. The molecule has 0 fully saturated rings. The number of benzene rings is 2. The molecule has 0 radical (unpaired) electrons. The average Bonchev–Trinajstić information content (AvgIpc) is 2.67. The van der Waals surface area contributed by atoms with Crippen LogP contribution in [-0.2, 0) is 0 Å². The molecule has 5 heteroatoms. The van der Waals surface area contributed by atoms with Gasteiger partial charge in [-0.25, -0.2) is 4.79 Å². The van der Waals surface area contributed by atoms with Crippen molar-refractivity contribution < 1.29 is 19.4 Å². The lowest BCUT2D eigenvalue weighted by Crippen LogP contribution is -2.23. The van der Waals surface area contributed by atoms with E-state index in [1.54, 1.807) is 48.6 Å². The summed E-state index contributed by atoms with van der Waals surface area (Å²) in [5.41, 5.74) is 1.19. The standard InChI is InChI=1S/C21H21NO4/c1-4-12-22(13-5-2)16-8-11-18(19(14-16)21(24)25)20(23)15-6-9-17(26-3)10-7-15/h4-11,14H,1-2,12-13H2,3H3,(H,24,25). The van der Waals surface area contributed by atoms with Crippen molar-refractivity contribution in [2.24, 2.45) is 0 Å². The molecule has 2 aromatic carbocycles. The fourth-order valence-electron chi connectivity index (χ4n) is 2.60. The summed E-state index contributed by atoms with van der Waals surface area (Å²) in [4.78, 5) is 26.4. The van der Waals surface area contributed by atoms with Crippen LogP contribution in [0.4, 0.5) is 5.69 Å². The Bertz CT molecular complexity index is 814. The molecule has 0 heterocycles. The summed E-state index contributed by atoms with van der Waals surface area (Å²) in [6, 6.07) is 11.3. The second kappa shape index (κ2) is 8.67. The fourth-order valence-corrected chi connectivity index (χ4v) is 2.60. The smallest absolute Gasteiger partial charge is 0.336 e. The van der Waals surface area contributed by atoms with Gasteiger partial charge in [0.1, 0.15) is 5.75 Å². The molecule has 5 nitrogen and oxygen atoms in total. The van der Waals surface area contributed by atoms with Gasteiger partial charge in [0.05, 0.1) is 12.7 Å². The first-order valence-corrected chi connectivity index (χ1v) is 8.04. The van der Waals surface area contributed by atoms with Gasteiger partial charge in [-0.05, 0) is 42.5 Å². The second-order valence-corrected chi connectivity index (χ2v) is 5.57. The van der Waals surface area contributed by atoms with Crippen LogP contribution in [0.5, 0.6) is 5.75 Å². The molecule has 0 aromatic heterocycles. The van der Waals surface area contributed by atoms with E-state index in [1.807, 2.05) is 4.90 Å². The predicted molar refractivity (Wildman–Crippen MR) is 102 cm³/mol. The lowest BCUT2D eigenvalue weighted by atomic mass is 9.97. The van der Waals surface area contributed by atoms with Gasteiger partial charge in [-0.1, -0.05) is 12.2 Å². The highest BCUT2D eigenvalue weighted by Gasteiger charge is 2.20. The monoisotopic (exact) mass is 351 g/mol. The summed E-state index contributed by atoms with van der Waals surface area (Å²) in [5, 5.41) is 9.58. The van der Waals surface area contributed by atoms with Gasteiger partial charge in [0.2, 0.25) is 0 Å². The van der Waals surface area contributed by atoms with Crippen LogP contribution < -0.4 is 9.64 Å². The zero-order valence-corrected chi connectivity index (χ0v) is 14.6. The predicted octanol–water partition coefficient (Wildman–Crippen LogP) is 3.80. The molecule has 0 bridgehead atoms. The van der Waals surface area contributed by atoms with Crippen LogP contribution in [0.2, 0.25) is 0 Å². The molecule has 0 aliphatic rings. The number of ketones is 1. The zero-order chi connectivity index (χ0) is 19.1. The van der Waals surface area contributed by atoms with E-state index < -0.39 is 5.97 Å². The van der Waals surface area contributed by atoms with E-state index in [2.05, 4.69) is 13.2 Å². The number of anilines is 1. The van der Waals surface area contributed by atoms with Crippen LogP contribution in [-0.4, -0.2) is 37.1 Å². The number of hydrogen-bond acceptors (Lipinski definition) is 4. The summed E-state index contributed by atoms with van der Waals surface area (Å²) in [6.45, 7) is 8.49. The van der Waals surface area contributed by atoms with Crippen LogP contribution in [0.25, 0.3) is 0 Å². The molecule has 1 N–H and O–H groups in total. The number of ether oxygens (including phenoxy) is 1. The molecule has 2 rings (SSSR count). The highest BCUT2D eigenvalue weighted by atomic mass is 16.5. The number of hydrogen-bond donors (Lipinski definition) is 1. The van der Waals surface area contributed by atoms with Crippen molar-refractivity contribution in [1.82, 2.24) is 0 Å². The van der Waals surface area contributed by atoms with Crippen molar-refractivity contribution >= 4 is 17.4 Å². The Morgan fingerprint density at radius 2 is 1.65 bits per heavy atom. The van der Waals surface area contributed by atoms with Crippen molar-refractivity contribution in [1.29, 1.82) is 0 Å². The molecule has 0 saturated carbocycles. The number of aromatic carboxylic acids is 1. The number of carboxylic acid groups (broad SMARTS) is 1. The minimum atomic E-state index is -1.15. The Hall–Kier alpha value is -3.34. The summed E-state index contributed by atoms with van der Waals surface area (Å²) in [6.07, 6.45) is 3.45. The molecule has 134 valence electrons. The molecule has 26 heavy (non-hydrogen) atoms. The van der Waals surface area contributed by atoms with Crippen LogP contribution in [0, 0.1) is 0 Å². The van der Waals surface area contributed by atoms with E-state index in [4.69, 9.17) is 4.74 Å². The topological polar surface area (TPSA) is 66.8 Å². The summed E-state index contributed by atoms with van der Waals surface area (Å²) in [7, 11) is 1.54. The van der Waals surface area contributed by atoms with E-state index in [0.717, 1.165) is 0 Å². The minimum Gasteiger partial charge on any atom is -0.497 e. The fraction of sp³-hybridized carbons (Fsp3) is 0.143. The van der Waals surface area contributed by atoms with Crippen LogP contribution in [0.3, 0.4) is 0 Å². The molecule has 0 spiro atoms. The van der Waals surface area contributed by atoms with Crippen molar-refractivity contribution in [3.8, 4) is 5.75 Å². The summed E-state index contributed by atoms with van der Waals surface area (Å²) < 4.78 is 5.08. The number of carbonyl (C=O) groups excluding carboxylic acids is 1. The highest BCUT2D eigenvalue weighted by molar-refractivity contribution is 6.14. The number of rotatable bonds is 9. The number of carboxylic acids is 1. The van der Waals surface area contributed by atoms with Gasteiger partial charge in [0, 0.05) is 29.9 Å². The van der Waals surface area contributed by atoms with Gasteiger partial charge in [-0.3, -0.25) is 4.79 Å². The maximum absolute atomic E-state index is 12.8. The Morgan fingerprint density at radius 1 is 1.04 bits per heavy atom. The SMILES string of the molecule is C=CCN(CC=C)c1ccc(C(=O)c2ccc(OC)cc2)c(C(=O)O)c1. The molecule has 0 aliphatic carbocycles. The Kier molecular flexibility index (Phi) is 6.33. The molecule has 0 saturated heterocycles. The van der Waals surface area contributed by atoms with Crippen molar-refractivity contribution in [2.75, 3.05) is 25.1 Å². The van der Waals surface area contributed by atoms with Crippen LogP contribution in [0.15, 0.2) is 67.8 Å². The number of nitrogens with zero attached hydrogens (tertiary/aromatic N) is 1. The van der Waals surface area contributed by atoms with Gasteiger partial charge in [-0.2, -0.15) is 0 Å². The van der Waals surface area contributed by atoms with Gasteiger partial charge in [-0.15, -0.1) is 13.2 Å². The van der Waals surface area contributed by atoms with Crippen molar-refractivity contribution in [3.05, 3.63) is 84.5 Å². The number of carbonyl (C=O) groups is 2. The van der Waals surface area contributed by atoms with Gasteiger partial charge in [0.25, 0.3) is 0 Å². The summed E-state index contributed by atoms with van der Waals surface area (Å²) in [5.74, 6) is -0.878. The zero-order valence-electron chi connectivity index (χ0n) is 14.6. The van der Waals surface area contributed by atoms with Gasteiger partial charge < -0.3 is 14.7 Å². The third kappa shape index (κ3) is 4.19. The van der Waals surface area contributed by atoms with Crippen LogP contribution in [0.1, 0.15) is 26.3 Å². The third-order valence-corrected chi connectivity index (χ3v) is 3.89. The number of methoxy groups -OCH3 is 1. The van der Waals surface area contributed by atoms with E-state index in [1.165, 1.54) is 13.2 Å². The summed E-state index contributed by atoms with van der Waals surface area (Å²) >= 11 is 0. The first-order valence-electron chi connectivity index (χ1n) is 8.04. The molecule has 0 aliphatic heterocycles. The molecule has 2 aromatic rings. The molecule has 0 unspecified atom stereocenters. The Labute approximate surface area is 152 Å². The van der Waals surface area contributed by atoms with Gasteiger partial charge >= 0.3 is 5.97 Å². The minimum absolute atomic E-state index is 0.0403. The van der Waals surface area contributed by atoms with Gasteiger partial charge in [0.15, 0.2) is 5.78 Å². The lowest BCUT2D eigenvalue weighted by molar-refractivity contribution is 0.0693. The maximum atomic E-state index is 12.8. The lowest BCUT2D eigenvalue weighted by Gasteiger charge is -2.22. The Morgan fingerprint density at radius 3 is 2.15 bits per heavy atom. The largest absolute Gasteiger partial charge is 0.497 e. The maximum Gasteiger partial charge on any atom is 0.336 e. The molecule has 0 atom stereocenters. The van der Waals surface area contributed by atoms with E-state index in [9.17, 15) is 14.7 Å². The van der Waals surface area contributed by atoms with E-state index in [-0.39, 0.29) is 16.9 Å². The first kappa shape index (κ1) is 19.0. The van der Waals surface area contributed by atoms with E-state index in [0.29, 0.717) is 30.1 Å². The molecular weight excluding hydrogens is 330 g/mol. The molecule has 0 amide bonds. The quantitative estimate of drug-likeness (QED) is 0.550.